The topological polar surface area (TPSA) is 0 Å². The van der Waals surface area contributed by atoms with Gasteiger partial charge in [-0.25, -0.2) is 0 Å². The van der Waals surface area contributed by atoms with E-state index in [1.807, 2.05) is 0 Å². The molecule has 0 aliphatic heterocycles. The Balaban J connectivity index is 1.43. The molecule has 0 radical (unpaired) electrons. The first-order valence-electron chi connectivity index (χ1n) is 13.2. The van der Waals surface area contributed by atoms with Crippen LogP contribution in [0.25, 0.3) is 12.2 Å². The normalized spacial score (nSPS) is 40.8. The lowest BCUT2D eigenvalue weighted by Gasteiger charge is -2.53. The molecule has 6 rings (SSSR count). The Labute approximate surface area is 202 Å². The van der Waals surface area contributed by atoms with E-state index in [4.69, 9.17) is 0 Å². The highest BCUT2D eigenvalue weighted by Crippen LogP contribution is 2.72. The zero-order valence-corrected chi connectivity index (χ0v) is 22.3. The minimum Gasteiger partial charge on any atom is -0.0774 e. The maximum Gasteiger partial charge on any atom is 0.0558 e. The van der Waals surface area contributed by atoms with Crippen molar-refractivity contribution in [3.05, 3.63) is 82.9 Å². The molecule has 0 aromatic heterocycles. The lowest BCUT2D eigenvalue weighted by atomic mass is 9.70. The highest BCUT2D eigenvalue weighted by atomic mass is 28.3. The smallest absolute Gasteiger partial charge is 0.0558 e. The first-order chi connectivity index (χ1) is 15.7. The van der Waals surface area contributed by atoms with Gasteiger partial charge in [-0.2, -0.15) is 0 Å². The van der Waals surface area contributed by atoms with Gasteiger partial charge < -0.3 is 0 Å². The SMILES string of the molecule is CC1CC2c3ccccc3C=CC2(C)C1[Si](C)(C)C1C(C)CC2c3ccccc3C=CC21C. The van der Waals surface area contributed by atoms with Crippen LogP contribution in [0.3, 0.4) is 0 Å². The zero-order chi connectivity index (χ0) is 23.2. The minimum atomic E-state index is -1.67. The lowest BCUT2D eigenvalue weighted by molar-refractivity contribution is 0.335. The van der Waals surface area contributed by atoms with E-state index in [0.29, 0.717) is 11.8 Å². The molecule has 2 saturated carbocycles. The monoisotopic (exact) mass is 452 g/mol. The van der Waals surface area contributed by atoms with Crippen molar-refractivity contribution in [1.82, 2.24) is 0 Å². The van der Waals surface area contributed by atoms with Gasteiger partial charge in [0.05, 0.1) is 8.07 Å². The van der Waals surface area contributed by atoms with Gasteiger partial charge in [0.2, 0.25) is 0 Å². The Morgan fingerprint density at radius 3 is 1.48 bits per heavy atom. The summed E-state index contributed by atoms with van der Waals surface area (Å²) in [5, 5.41) is 0. The maximum atomic E-state index is 2.78. The second kappa shape index (κ2) is 7.07. The molecule has 0 spiro atoms. The summed E-state index contributed by atoms with van der Waals surface area (Å²) in [6.07, 6.45) is 12.9. The largest absolute Gasteiger partial charge is 0.0774 e. The molecule has 0 saturated heterocycles. The summed E-state index contributed by atoms with van der Waals surface area (Å²) in [6.45, 7) is 16.0. The van der Waals surface area contributed by atoms with E-state index in [1.165, 1.54) is 24.0 Å². The van der Waals surface area contributed by atoms with Crippen LogP contribution in [0.5, 0.6) is 0 Å². The van der Waals surface area contributed by atoms with Gasteiger partial charge in [-0.15, -0.1) is 0 Å². The number of allylic oxidation sites excluding steroid dienone is 2. The van der Waals surface area contributed by atoms with E-state index >= 15 is 0 Å². The van der Waals surface area contributed by atoms with Crippen molar-refractivity contribution in [3.8, 4) is 0 Å². The van der Waals surface area contributed by atoms with Crippen LogP contribution in [0.4, 0.5) is 0 Å². The van der Waals surface area contributed by atoms with E-state index in [0.717, 1.165) is 22.9 Å². The predicted molar refractivity (Wildman–Crippen MR) is 145 cm³/mol. The van der Waals surface area contributed by atoms with Gasteiger partial charge in [-0.3, -0.25) is 0 Å². The van der Waals surface area contributed by atoms with E-state index < -0.39 is 8.07 Å². The fraction of sp³-hybridized carbons (Fsp3) is 0.500. The molecular weight excluding hydrogens is 412 g/mol. The molecule has 8 atom stereocenters. The number of rotatable bonds is 2. The van der Waals surface area contributed by atoms with E-state index in [1.54, 1.807) is 11.1 Å². The summed E-state index contributed by atoms with van der Waals surface area (Å²) in [5.74, 6) is 2.92. The quantitative estimate of drug-likeness (QED) is 0.398. The van der Waals surface area contributed by atoms with Crippen LogP contribution >= 0.6 is 0 Å². The van der Waals surface area contributed by atoms with E-state index in [2.05, 4.69) is 114 Å². The van der Waals surface area contributed by atoms with Gasteiger partial charge in [0.15, 0.2) is 0 Å². The van der Waals surface area contributed by atoms with Crippen LogP contribution in [0, 0.1) is 22.7 Å². The van der Waals surface area contributed by atoms with Gasteiger partial charge in [0, 0.05) is 0 Å². The standard InChI is InChI=1S/C32H40Si/c1-21-19-27-25-13-9-7-11-23(25)15-17-31(27,3)29(21)33(5,6)30-22(2)20-28-26-14-10-8-12-24(26)16-18-32(28,30)4/h7-18,21-22,27-30H,19-20H2,1-6H3. The third-order valence-corrected chi connectivity index (χ3v) is 16.4. The Bertz CT molecular complexity index is 1070. The molecule has 8 unspecified atom stereocenters. The molecule has 0 bridgehead atoms. The summed E-state index contributed by atoms with van der Waals surface area (Å²) in [7, 11) is -1.67. The van der Waals surface area contributed by atoms with Crippen LogP contribution in [0.1, 0.15) is 74.6 Å². The zero-order valence-electron chi connectivity index (χ0n) is 21.3. The summed E-state index contributed by atoms with van der Waals surface area (Å²) in [4.78, 5) is 0. The number of fused-ring (bicyclic) bond motifs is 6. The molecule has 4 aliphatic rings. The first kappa shape index (κ1) is 21.7. The molecule has 2 aromatic rings. The van der Waals surface area contributed by atoms with Crippen LogP contribution in [-0.2, 0) is 0 Å². The number of benzene rings is 2. The van der Waals surface area contributed by atoms with E-state index in [-0.39, 0.29) is 10.8 Å². The molecule has 0 N–H and O–H groups in total. The summed E-state index contributed by atoms with van der Waals surface area (Å²) in [5.41, 5.74) is 8.33. The van der Waals surface area contributed by atoms with Crippen molar-refractivity contribution >= 4 is 20.2 Å². The average Bonchev–Trinajstić information content (AvgIpc) is 3.23. The molecule has 1 heteroatoms. The Hall–Kier alpha value is -1.86. The molecule has 33 heavy (non-hydrogen) atoms. The first-order valence-corrected chi connectivity index (χ1v) is 16.4. The third-order valence-electron chi connectivity index (χ3n) is 10.8. The Morgan fingerprint density at radius 1 is 0.667 bits per heavy atom. The predicted octanol–water partition coefficient (Wildman–Crippen LogP) is 9.15. The highest BCUT2D eigenvalue weighted by Gasteiger charge is 2.64. The van der Waals surface area contributed by atoms with Crippen LogP contribution in [0.15, 0.2) is 60.7 Å². The molecule has 2 fully saturated rings. The Kier molecular flexibility index (Phi) is 4.64. The van der Waals surface area contributed by atoms with Crippen LogP contribution in [-0.4, -0.2) is 8.07 Å². The van der Waals surface area contributed by atoms with Gasteiger partial charge in [0.1, 0.15) is 0 Å². The molecule has 172 valence electrons. The number of hydrogen-bond acceptors (Lipinski definition) is 0. The van der Waals surface area contributed by atoms with Gasteiger partial charge in [-0.1, -0.05) is 114 Å². The summed E-state index contributed by atoms with van der Waals surface area (Å²) in [6, 6.07) is 18.4. The van der Waals surface area contributed by atoms with Crippen molar-refractivity contribution in [1.29, 1.82) is 0 Å². The summed E-state index contributed by atoms with van der Waals surface area (Å²) < 4.78 is 0. The van der Waals surface area contributed by atoms with E-state index in [9.17, 15) is 0 Å². The summed E-state index contributed by atoms with van der Waals surface area (Å²) >= 11 is 0. The fourth-order valence-electron chi connectivity index (χ4n) is 10.3. The van der Waals surface area contributed by atoms with Crippen molar-refractivity contribution in [2.75, 3.05) is 0 Å². The molecular formula is C32H40Si. The molecule has 4 aliphatic carbocycles. The van der Waals surface area contributed by atoms with Crippen molar-refractivity contribution in [2.24, 2.45) is 22.7 Å². The fourth-order valence-corrected chi connectivity index (χ4v) is 17.7. The van der Waals surface area contributed by atoms with Crippen LogP contribution < -0.4 is 0 Å². The van der Waals surface area contributed by atoms with Crippen molar-refractivity contribution < 1.29 is 0 Å². The molecule has 0 heterocycles. The van der Waals surface area contributed by atoms with Gasteiger partial charge in [0.25, 0.3) is 0 Å². The number of hydrogen-bond donors (Lipinski definition) is 0. The third kappa shape index (κ3) is 2.81. The van der Waals surface area contributed by atoms with Crippen molar-refractivity contribution in [2.45, 2.75) is 76.5 Å². The average molecular weight is 453 g/mol. The van der Waals surface area contributed by atoms with Crippen molar-refractivity contribution in [3.63, 3.8) is 0 Å². The second-order valence-electron chi connectivity index (χ2n) is 13.0. The second-order valence-corrected chi connectivity index (χ2v) is 17.9. The van der Waals surface area contributed by atoms with Gasteiger partial charge in [-0.05, 0) is 80.7 Å². The molecule has 0 nitrogen and oxygen atoms in total. The molecule has 0 amide bonds. The van der Waals surface area contributed by atoms with Crippen LogP contribution in [0.2, 0.25) is 24.2 Å². The Morgan fingerprint density at radius 2 is 1.06 bits per heavy atom. The highest BCUT2D eigenvalue weighted by molar-refractivity contribution is 6.81. The minimum absolute atomic E-state index is 0.286. The lowest BCUT2D eigenvalue weighted by Crippen LogP contribution is -2.51. The van der Waals surface area contributed by atoms with Gasteiger partial charge >= 0.3 is 0 Å². The molecule has 2 aromatic carbocycles. The maximum absolute atomic E-state index is 2.78.